The van der Waals surface area contributed by atoms with Crippen LogP contribution in [-0.2, 0) is 20.5 Å². The number of ether oxygens (including phenoxy) is 1. The van der Waals surface area contributed by atoms with Crippen LogP contribution in [0.2, 0.25) is 10.0 Å². The number of anilines is 1. The summed E-state index contributed by atoms with van der Waals surface area (Å²) >= 11 is 13.4. The number of benzene rings is 3. The molecular formula is C38H38Cl2N6O4. The normalized spacial score (nSPS) is 14.6. The highest BCUT2D eigenvalue weighted by atomic mass is 35.5. The van der Waals surface area contributed by atoms with E-state index in [1.165, 1.54) is 6.07 Å². The van der Waals surface area contributed by atoms with E-state index in [1.54, 1.807) is 22.7 Å². The van der Waals surface area contributed by atoms with E-state index in [0.717, 1.165) is 60.9 Å². The number of carbonyl (C=O) groups excluding carboxylic acids is 1. The number of halogens is 2. The van der Waals surface area contributed by atoms with Crippen LogP contribution in [0.25, 0.3) is 32.9 Å². The summed E-state index contributed by atoms with van der Waals surface area (Å²) < 4.78 is 11.8. The highest BCUT2D eigenvalue weighted by Gasteiger charge is 2.37. The quantitative estimate of drug-likeness (QED) is 0.159. The number of nitrogens with zero attached hydrogens (tertiary/aromatic N) is 6. The first-order valence-electron chi connectivity index (χ1n) is 16.5. The Kier molecular flexibility index (Phi) is 8.43. The molecule has 1 N–H and O–H groups in total. The van der Waals surface area contributed by atoms with Gasteiger partial charge in [0.1, 0.15) is 11.4 Å². The average Bonchev–Trinajstić information content (AvgIpc) is 3.69. The fraction of sp³-hybridized carbons (Fsp3) is 0.316. The molecule has 1 amide bonds. The zero-order chi connectivity index (χ0) is 35.8. The topological polar surface area (TPSA) is 107 Å². The summed E-state index contributed by atoms with van der Waals surface area (Å²) in [5, 5.41) is 22.1. The van der Waals surface area contributed by atoms with E-state index in [4.69, 9.17) is 33.0 Å². The number of aromatic carboxylic acids is 1. The van der Waals surface area contributed by atoms with Crippen molar-refractivity contribution < 1.29 is 19.4 Å². The van der Waals surface area contributed by atoms with Gasteiger partial charge >= 0.3 is 5.97 Å². The third-order valence-corrected chi connectivity index (χ3v) is 10.7. The van der Waals surface area contributed by atoms with Crippen molar-refractivity contribution in [2.45, 2.75) is 53.5 Å². The molecule has 50 heavy (non-hydrogen) atoms. The second kappa shape index (κ2) is 12.5. The van der Waals surface area contributed by atoms with Crippen molar-refractivity contribution in [3.8, 4) is 16.9 Å². The minimum atomic E-state index is -1.08. The molecule has 3 aromatic heterocycles. The molecule has 3 aromatic carbocycles. The summed E-state index contributed by atoms with van der Waals surface area (Å²) in [7, 11) is 3.69. The Balaban J connectivity index is 1.39. The summed E-state index contributed by atoms with van der Waals surface area (Å²) in [6.45, 7) is 10.7. The maximum atomic E-state index is 15.0. The molecule has 6 aromatic rings. The Morgan fingerprint density at radius 3 is 2.38 bits per heavy atom. The Hall–Kier alpha value is -4.80. The van der Waals surface area contributed by atoms with E-state index in [2.05, 4.69) is 16.6 Å². The molecule has 7 rings (SSSR count). The minimum Gasteiger partial charge on any atom is -0.494 e. The van der Waals surface area contributed by atoms with E-state index in [-0.39, 0.29) is 17.5 Å². The molecule has 0 unspecified atom stereocenters. The number of rotatable bonds is 8. The van der Waals surface area contributed by atoms with Crippen molar-refractivity contribution in [3.63, 3.8) is 0 Å². The first-order valence-corrected chi connectivity index (χ1v) is 17.3. The number of fused-ring (bicyclic) bond motifs is 4. The average molecular weight is 714 g/mol. The smallest absolute Gasteiger partial charge is 0.335 e. The summed E-state index contributed by atoms with van der Waals surface area (Å²) in [5.74, 6) is -0.549. The summed E-state index contributed by atoms with van der Waals surface area (Å²) in [5.41, 5.74) is 8.94. The fourth-order valence-corrected chi connectivity index (χ4v) is 7.86. The van der Waals surface area contributed by atoms with Crippen molar-refractivity contribution in [2.75, 3.05) is 18.1 Å². The third-order valence-electron chi connectivity index (χ3n) is 9.82. The fourth-order valence-electron chi connectivity index (χ4n) is 7.51. The molecule has 1 aliphatic heterocycles. The van der Waals surface area contributed by atoms with Crippen molar-refractivity contribution in [2.24, 2.45) is 14.1 Å². The van der Waals surface area contributed by atoms with Crippen LogP contribution >= 0.6 is 23.2 Å². The number of amides is 1. The third kappa shape index (κ3) is 5.41. The molecule has 0 fully saturated rings. The van der Waals surface area contributed by atoms with E-state index < -0.39 is 5.97 Å². The summed E-state index contributed by atoms with van der Waals surface area (Å²) in [4.78, 5) is 28.8. The summed E-state index contributed by atoms with van der Waals surface area (Å²) in [6, 6.07) is 10.7. The SMILES string of the molecule is Cc1cc(OCCCc2c3n(c4c(-c5c(C)nn(C)c5C)c(Cl)ccc24)[C@H](C)CN(c2cc(C(=O)O)cc4nn(C)cc24)C3=O)cc(C)c1Cl. The maximum Gasteiger partial charge on any atom is 0.335 e. The van der Waals surface area contributed by atoms with Crippen LogP contribution in [0.3, 0.4) is 0 Å². The second-order valence-electron chi connectivity index (χ2n) is 13.3. The number of carboxylic acids is 1. The zero-order valence-electron chi connectivity index (χ0n) is 29.1. The van der Waals surface area contributed by atoms with Crippen molar-refractivity contribution in [1.29, 1.82) is 0 Å². The molecule has 0 saturated heterocycles. The zero-order valence-corrected chi connectivity index (χ0v) is 30.6. The highest BCUT2D eigenvalue weighted by Crippen LogP contribution is 2.45. The van der Waals surface area contributed by atoms with E-state index >= 15 is 0 Å². The van der Waals surface area contributed by atoms with Gasteiger partial charge in [0.15, 0.2) is 0 Å². The lowest BCUT2D eigenvalue weighted by Gasteiger charge is -2.34. The van der Waals surface area contributed by atoms with Crippen molar-refractivity contribution >= 4 is 62.6 Å². The molecule has 0 aliphatic carbocycles. The van der Waals surface area contributed by atoms with E-state index in [9.17, 15) is 14.7 Å². The number of hydrogen-bond donors (Lipinski definition) is 1. The molecule has 12 heteroatoms. The Labute approximate surface area is 299 Å². The van der Waals surface area contributed by atoms with Gasteiger partial charge in [0.2, 0.25) is 0 Å². The van der Waals surface area contributed by atoms with Crippen LogP contribution in [-0.4, -0.2) is 54.3 Å². The molecule has 0 spiro atoms. The van der Waals surface area contributed by atoms with E-state index in [0.29, 0.717) is 53.3 Å². The van der Waals surface area contributed by atoms with Gasteiger partial charge in [-0.2, -0.15) is 10.2 Å². The molecule has 0 radical (unpaired) electrons. The Morgan fingerprint density at radius 2 is 1.72 bits per heavy atom. The van der Waals surface area contributed by atoms with Gasteiger partial charge in [-0.05, 0) is 94.5 Å². The van der Waals surface area contributed by atoms with Gasteiger partial charge in [0.05, 0.1) is 39.6 Å². The molecule has 0 bridgehead atoms. The Bertz CT molecular complexity index is 2360. The molecule has 0 saturated carbocycles. The highest BCUT2D eigenvalue weighted by molar-refractivity contribution is 6.35. The van der Waals surface area contributed by atoms with Crippen LogP contribution in [0.1, 0.15) is 68.3 Å². The number of aryl methyl sites for hydroxylation is 6. The first kappa shape index (κ1) is 33.7. The summed E-state index contributed by atoms with van der Waals surface area (Å²) in [6.07, 6.45) is 3.02. The first-order chi connectivity index (χ1) is 23.8. The standard InChI is InChI=1S/C38H38Cl2N6O4/c1-19-13-25(14-20(2)34(19)40)50-12-8-9-26-27-10-11-29(39)33(32-22(4)41-44(7)23(32)5)35(27)46-21(3)17-45(37(47)36(26)46)31-16-24(38(48)49)15-30-28(31)18-43(6)42-30/h10-11,13-16,18,21H,8-9,12,17H2,1-7H3,(H,48,49)/t21-/m1/s1. The second-order valence-corrected chi connectivity index (χ2v) is 14.1. The molecule has 1 atom stereocenters. The van der Waals surface area contributed by atoms with Crippen molar-refractivity contribution in [1.82, 2.24) is 24.1 Å². The van der Waals surface area contributed by atoms with Gasteiger partial charge in [-0.25, -0.2) is 4.79 Å². The van der Waals surface area contributed by atoms with Crippen LogP contribution in [0, 0.1) is 27.7 Å². The van der Waals surface area contributed by atoms with Crippen LogP contribution in [0.4, 0.5) is 5.69 Å². The Morgan fingerprint density at radius 1 is 1.00 bits per heavy atom. The largest absolute Gasteiger partial charge is 0.494 e. The van der Waals surface area contributed by atoms with Gasteiger partial charge in [-0.1, -0.05) is 29.3 Å². The molecule has 1 aliphatic rings. The van der Waals surface area contributed by atoms with Crippen LogP contribution < -0.4 is 9.64 Å². The lowest BCUT2D eigenvalue weighted by atomic mass is 9.98. The number of carbonyl (C=O) groups is 2. The van der Waals surface area contributed by atoms with Gasteiger partial charge in [-0.15, -0.1) is 0 Å². The van der Waals surface area contributed by atoms with E-state index in [1.807, 2.05) is 69.9 Å². The molecule has 10 nitrogen and oxygen atoms in total. The molecule has 4 heterocycles. The monoisotopic (exact) mass is 712 g/mol. The van der Waals surface area contributed by atoms with Crippen LogP contribution in [0.15, 0.2) is 42.6 Å². The molecule has 258 valence electrons. The predicted octanol–water partition coefficient (Wildman–Crippen LogP) is 8.40. The lowest BCUT2D eigenvalue weighted by Crippen LogP contribution is -2.43. The number of carboxylic acid groups (broad SMARTS) is 1. The van der Waals surface area contributed by atoms with Crippen molar-refractivity contribution in [3.05, 3.63) is 92.0 Å². The number of aromatic nitrogens is 5. The van der Waals surface area contributed by atoms with Gasteiger partial charge in [0, 0.05) is 65.5 Å². The maximum absolute atomic E-state index is 15.0. The van der Waals surface area contributed by atoms with Gasteiger partial charge in [0.25, 0.3) is 5.91 Å². The molecular weight excluding hydrogens is 675 g/mol. The van der Waals surface area contributed by atoms with Gasteiger partial charge < -0.3 is 19.3 Å². The van der Waals surface area contributed by atoms with Crippen LogP contribution in [0.5, 0.6) is 5.75 Å². The predicted molar refractivity (Wildman–Crippen MR) is 197 cm³/mol. The lowest BCUT2D eigenvalue weighted by molar-refractivity contribution is 0.0696. The number of hydrogen-bond acceptors (Lipinski definition) is 5. The minimum absolute atomic E-state index is 0.0689. The van der Waals surface area contributed by atoms with Gasteiger partial charge in [-0.3, -0.25) is 14.2 Å².